The predicted octanol–water partition coefficient (Wildman–Crippen LogP) is 2.58. The van der Waals surface area contributed by atoms with E-state index in [1.54, 1.807) is 48.2 Å². The van der Waals surface area contributed by atoms with E-state index in [-0.39, 0.29) is 10.8 Å². The Labute approximate surface area is 172 Å². The molecular weight excluding hydrogens is 390 g/mol. The Kier molecular flexibility index (Phi) is 6.44. The smallest absolute Gasteiger partial charge is 0.262 e. The van der Waals surface area contributed by atoms with Gasteiger partial charge in [-0.15, -0.1) is 0 Å². The Bertz CT molecular complexity index is 983. The van der Waals surface area contributed by atoms with Crippen molar-refractivity contribution in [1.29, 1.82) is 0 Å². The summed E-state index contributed by atoms with van der Waals surface area (Å²) in [6.07, 6.45) is 0. The maximum atomic E-state index is 13.0. The third kappa shape index (κ3) is 4.71. The van der Waals surface area contributed by atoms with E-state index in [1.807, 2.05) is 0 Å². The highest BCUT2D eigenvalue weighted by Crippen LogP contribution is 2.27. The number of hydrogen-bond donors (Lipinski definition) is 1. The van der Waals surface area contributed by atoms with Crippen LogP contribution in [0.25, 0.3) is 0 Å². The van der Waals surface area contributed by atoms with Crippen LogP contribution in [0.5, 0.6) is 5.75 Å². The van der Waals surface area contributed by atoms with Crippen LogP contribution in [0.3, 0.4) is 0 Å². The Hall–Kier alpha value is -2.58. The molecule has 8 heteroatoms. The SMILES string of the molecule is CCN1CCN(C(=O)c2ccc(C)c(S(=O)(=O)Nc3ccccc3OC)c2)CC1. The lowest BCUT2D eigenvalue weighted by molar-refractivity contribution is 0.0643. The lowest BCUT2D eigenvalue weighted by Crippen LogP contribution is -2.48. The van der Waals surface area contributed by atoms with Gasteiger partial charge in [-0.2, -0.15) is 0 Å². The number of hydrogen-bond acceptors (Lipinski definition) is 5. The zero-order valence-electron chi connectivity index (χ0n) is 17.0. The van der Waals surface area contributed by atoms with Crippen molar-refractivity contribution >= 4 is 21.6 Å². The van der Waals surface area contributed by atoms with Gasteiger partial charge in [0.25, 0.3) is 15.9 Å². The summed E-state index contributed by atoms with van der Waals surface area (Å²) < 4.78 is 33.8. The van der Waals surface area contributed by atoms with Gasteiger partial charge in [0.05, 0.1) is 17.7 Å². The fourth-order valence-electron chi connectivity index (χ4n) is 3.40. The third-order valence-corrected chi connectivity index (χ3v) is 6.69. The van der Waals surface area contributed by atoms with Crippen LogP contribution in [-0.2, 0) is 10.0 Å². The molecule has 0 unspecified atom stereocenters. The molecule has 0 spiro atoms. The number of nitrogens with zero attached hydrogens (tertiary/aromatic N) is 2. The van der Waals surface area contributed by atoms with Gasteiger partial charge < -0.3 is 14.5 Å². The number of carbonyl (C=O) groups excluding carboxylic acids is 1. The first kappa shape index (κ1) is 21.1. The number of ether oxygens (including phenoxy) is 1. The van der Waals surface area contributed by atoms with Gasteiger partial charge in [-0.1, -0.05) is 25.1 Å². The number of anilines is 1. The van der Waals surface area contributed by atoms with Crippen LogP contribution in [-0.4, -0.2) is 64.0 Å². The highest BCUT2D eigenvalue weighted by Gasteiger charge is 2.24. The Morgan fingerprint density at radius 3 is 2.45 bits per heavy atom. The second-order valence-electron chi connectivity index (χ2n) is 7.01. The monoisotopic (exact) mass is 417 g/mol. The number of nitrogens with one attached hydrogen (secondary N) is 1. The van der Waals surface area contributed by atoms with Gasteiger partial charge in [-0.3, -0.25) is 9.52 Å². The summed E-state index contributed by atoms with van der Waals surface area (Å²) in [5.74, 6) is 0.282. The van der Waals surface area contributed by atoms with E-state index in [1.165, 1.54) is 13.2 Å². The molecule has 1 heterocycles. The fourth-order valence-corrected chi connectivity index (χ4v) is 4.74. The zero-order valence-corrected chi connectivity index (χ0v) is 17.8. The summed E-state index contributed by atoms with van der Waals surface area (Å²) in [4.78, 5) is 17.1. The van der Waals surface area contributed by atoms with Crippen molar-refractivity contribution in [2.75, 3.05) is 44.6 Å². The molecule has 156 valence electrons. The topological polar surface area (TPSA) is 79.0 Å². The van der Waals surface area contributed by atoms with Crippen LogP contribution in [0.2, 0.25) is 0 Å². The average molecular weight is 418 g/mol. The van der Waals surface area contributed by atoms with E-state index in [4.69, 9.17) is 4.74 Å². The quantitative estimate of drug-likeness (QED) is 0.782. The summed E-state index contributed by atoms with van der Waals surface area (Å²) in [6.45, 7) is 7.71. The fraction of sp³-hybridized carbons (Fsp3) is 0.381. The van der Waals surface area contributed by atoms with Crippen LogP contribution >= 0.6 is 0 Å². The lowest BCUT2D eigenvalue weighted by atomic mass is 10.1. The number of para-hydroxylation sites is 2. The molecule has 1 amide bonds. The molecule has 0 saturated carbocycles. The van der Waals surface area contributed by atoms with Gasteiger partial charge in [0.15, 0.2) is 0 Å². The number of carbonyl (C=O) groups is 1. The van der Waals surface area contributed by atoms with E-state index in [2.05, 4.69) is 16.5 Å². The van der Waals surface area contributed by atoms with Gasteiger partial charge in [0.1, 0.15) is 5.75 Å². The second kappa shape index (κ2) is 8.84. The molecule has 2 aromatic rings. The molecule has 0 aliphatic carbocycles. The first-order valence-corrected chi connectivity index (χ1v) is 11.1. The molecule has 3 rings (SSSR count). The molecule has 0 radical (unpaired) electrons. The lowest BCUT2D eigenvalue weighted by Gasteiger charge is -2.34. The molecular formula is C21H27N3O4S. The maximum Gasteiger partial charge on any atom is 0.262 e. The molecule has 0 aromatic heterocycles. The van der Waals surface area contributed by atoms with Gasteiger partial charge in [0, 0.05) is 31.7 Å². The van der Waals surface area contributed by atoms with Crippen LogP contribution < -0.4 is 9.46 Å². The number of rotatable bonds is 6. The zero-order chi connectivity index (χ0) is 21.0. The molecule has 1 fully saturated rings. The van der Waals surface area contributed by atoms with Gasteiger partial charge in [0.2, 0.25) is 0 Å². The van der Waals surface area contributed by atoms with Crippen molar-refractivity contribution in [1.82, 2.24) is 9.80 Å². The minimum absolute atomic E-state index is 0.0847. The third-order valence-electron chi connectivity index (χ3n) is 5.18. The Morgan fingerprint density at radius 2 is 1.79 bits per heavy atom. The summed E-state index contributed by atoms with van der Waals surface area (Å²) in [7, 11) is -2.40. The number of amides is 1. The normalized spacial score (nSPS) is 15.2. The summed E-state index contributed by atoms with van der Waals surface area (Å²) >= 11 is 0. The van der Waals surface area contributed by atoms with E-state index < -0.39 is 10.0 Å². The second-order valence-corrected chi connectivity index (χ2v) is 8.66. The van der Waals surface area contributed by atoms with Crippen LogP contribution in [0.15, 0.2) is 47.4 Å². The van der Waals surface area contributed by atoms with E-state index in [0.717, 1.165) is 19.6 Å². The highest BCUT2D eigenvalue weighted by molar-refractivity contribution is 7.92. The molecule has 0 bridgehead atoms. The number of methoxy groups -OCH3 is 1. The summed E-state index contributed by atoms with van der Waals surface area (Å²) in [5.41, 5.74) is 1.29. The van der Waals surface area contributed by atoms with E-state index in [9.17, 15) is 13.2 Å². The number of sulfonamides is 1. The van der Waals surface area contributed by atoms with Crippen molar-refractivity contribution in [2.45, 2.75) is 18.7 Å². The average Bonchev–Trinajstić information content (AvgIpc) is 2.73. The van der Waals surface area contributed by atoms with Crippen molar-refractivity contribution in [3.8, 4) is 5.75 Å². The van der Waals surface area contributed by atoms with Gasteiger partial charge in [-0.25, -0.2) is 8.42 Å². The predicted molar refractivity (Wildman–Crippen MR) is 113 cm³/mol. The molecule has 1 saturated heterocycles. The highest BCUT2D eigenvalue weighted by atomic mass is 32.2. The van der Waals surface area contributed by atoms with Gasteiger partial charge >= 0.3 is 0 Å². The molecule has 0 atom stereocenters. The first-order valence-electron chi connectivity index (χ1n) is 9.64. The van der Waals surface area contributed by atoms with E-state index in [0.29, 0.717) is 35.7 Å². The van der Waals surface area contributed by atoms with Crippen LogP contribution in [0, 0.1) is 6.92 Å². The van der Waals surface area contributed by atoms with E-state index >= 15 is 0 Å². The Balaban J connectivity index is 1.85. The molecule has 1 N–H and O–H groups in total. The molecule has 7 nitrogen and oxygen atoms in total. The molecule has 29 heavy (non-hydrogen) atoms. The van der Waals surface area contributed by atoms with Crippen molar-refractivity contribution in [2.24, 2.45) is 0 Å². The number of likely N-dealkylation sites (N-methyl/N-ethyl adjacent to an activating group) is 1. The molecule has 2 aromatic carbocycles. The first-order chi connectivity index (χ1) is 13.9. The van der Waals surface area contributed by atoms with Crippen molar-refractivity contribution in [3.05, 3.63) is 53.6 Å². The summed E-state index contributed by atoms with van der Waals surface area (Å²) in [5, 5.41) is 0. The van der Waals surface area contributed by atoms with Crippen LogP contribution in [0.4, 0.5) is 5.69 Å². The molecule has 1 aliphatic rings. The standard InChI is InChI=1S/C21H27N3O4S/c1-4-23-11-13-24(14-12-23)21(25)17-10-9-16(2)20(15-17)29(26,27)22-18-7-5-6-8-19(18)28-3/h5-10,15,22H,4,11-14H2,1-3H3. The number of piperazine rings is 1. The number of aryl methyl sites for hydroxylation is 1. The minimum Gasteiger partial charge on any atom is -0.495 e. The van der Waals surface area contributed by atoms with Gasteiger partial charge in [-0.05, 0) is 43.3 Å². The minimum atomic E-state index is -3.89. The summed E-state index contributed by atoms with van der Waals surface area (Å²) in [6, 6.07) is 11.6. The largest absolute Gasteiger partial charge is 0.495 e. The molecule has 1 aliphatic heterocycles. The van der Waals surface area contributed by atoms with Crippen LogP contribution in [0.1, 0.15) is 22.8 Å². The number of benzene rings is 2. The van der Waals surface area contributed by atoms with Crippen molar-refractivity contribution in [3.63, 3.8) is 0 Å². The Morgan fingerprint density at radius 1 is 1.10 bits per heavy atom. The van der Waals surface area contributed by atoms with Crippen molar-refractivity contribution < 1.29 is 17.9 Å². The maximum absolute atomic E-state index is 13.0.